The number of nitrogens with zero attached hydrogens (tertiary/aromatic N) is 4. The number of ether oxygens (including phenoxy) is 1. The van der Waals surface area contributed by atoms with Crippen LogP contribution in [0.4, 0.5) is 5.82 Å². The monoisotopic (exact) mass is 564 g/mol. The predicted molar refractivity (Wildman–Crippen MR) is 146 cm³/mol. The molecule has 2 N–H and O–H groups in total. The molecular weight excluding hydrogens is 527 g/mol. The topological polar surface area (TPSA) is 65.0 Å². The number of methoxy groups -OCH3 is 1. The van der Waals surface area contributed by atoms with E-state index in [4.69, 9.17) is 4.74 Å². The van der Waals surface area contributed by atoms with Gasteiger partial charge in [0.05, 0.1) is 13.2 Å². The van der Waals surface area contributed by atoms with Crippen molar-refractivity contribution < 1.29 is 4.74 Å². The molecule has 2 fully saturated rings. The minimum absolute atomic E-state index is 0. The minimum atomic E-state index is 0. The molecular formula is C25H37IN6O. The highest BCUT2D eigenvalue weighted by molar-refractivity contribution is 14.0. The molecule has 8 heteroatoms. The lowest BCUT2D eigenvalue weighted by Gasteiger charge is -2.29. The molecule has 33 heavy (non-hydrogen) atoms. The van der Waals surface area contributed by atoms with Gasteiger partial charge in [0.1, 0.15) is 11.6 Å². The molecule has 0 aliphatic carbocycles. The molecule has 0 saturated carbocycles. The number of nitrogens with one attached hydrogen (secondary N) is 2. The van der Waals surface area contributed by atoms with Gasteiger partial charge in [0.15, 0.2) is 5.96 Å². The average Bonchev–Trinajstić information content (AvgIpc) is 3.57. The number of guanidine groups is 1. The summed E-state index contributed by atoms with van der Waals surface area (Å²) < 4.78 is 5.46. The van der Waals surface area contributed by atoms with Crippen molar-refractivity contribution in [3.05, 3.63) is 53.7 Å². The maximum absolute atomic E-state index is 5.46. The van der Waals surface area contributed by atoms with Gasteiger partial charge < -0.3 is 20.3 Å². The number of hydrogen-bond donors (Lipinski definition) is 2. The van der Waals surface area contributed by atoms with Gasteiger partial charge in [-0.15, -0.1) is 24.0 Å². The first-order valence-electron chi connectivity index (χ1n) is 11.8. The van der Waals surface area contributed by atoms with Gasteiger partial charge in [0, 0.05) is 39.4 Å². The van der Waals surface area contributed by atoms with Crippen molar-refractivity contribution in [2.45, 2.75) is 38.3 Å². The lowest BCUT2D eigenvalue weighted by Crippen LogP contribution is -2.42. The van der Waals surface area contributed by atoms with E-state index in [0.29, 0.717) is 6.54 Å². The highest BCUT2D eigenvalue weighted by Crippen LogP contribution is 2.27. The standard InChI is InChI=1S/C25H36N6O.HI/c1-26-25(28-18-20-10-11-24(27-17-20)31-14-5-6-15-31)29-19-23(30-12-3-4-13-30)21-8-7-9-22(16-21)32-2;/h7-11,16-17,23H,3-6,12-15,18-19H2,1-2H3,(H2,26,28,29);1H. The summed E-state index contributed by atoms with van der Waals surface area (Å²) in [5.41, 5.74) is 2.43. The fourth-order valence-corrected chi connectivity index (χ4v) is 4.61. The van der Waals surface area contributed by atoms with Crippen LogP contribution in [0.5, 0.6) is 5.75 Å². The van der Waals surface area contributed by atoms with Gasteiger partial charge in [-0.3, -0.25) is 9.89 Å². The Morgan fingerprint density at radius 2 is 1.82 bits per heavy atom. The largest absolute Gasteiger partial charge is 0.497 e. The van der Waals surface area contributed by atoms with Crippen LogP contribution in [0.3, 0.4) is 0 Å². The minimum Gasteiger partial charge on any atom is -0.497 e. The van der Waals surface area contributed by atoms with E-state index >= 15 is 0 Å². The Balaban J connectivity index is 0.00000306. The number of likely N-dealkylation sites (tertiary alicyclic amines) is 1. The first kappa shape index (κ1) is 25.6. The zero-order valence-corrected chi connectivity index (χ0v) is 22.1. The molecule has 0 bridgehead atoms. The van der Waals surface area contributed by atoms with Crippen LogP contribution < -0.4 is 20.3 Å². The van der Waals surface area contributed by atoms with E-state index in [-0.39, 0.29) is 30.0 Å². The van der Waals surface area contributed by atoms with Crippen molar-refractivity contribution in [1.82, 2.24) is 20.5 Å². The summed E-state index contributed by atoms with van der Waals surface area (Å²) in [4.78, 5) is 14.0. The molecule has 2 aliphatic heterocycles. The summed E-state index contributed by atoms with van der Waals surface area (Å²) in [5, 5.41) is 6.97. The molecule has 1 unspecified atom stereocenters. The molecule has 2 aliphatic rings. The number of pyridine rings is 1. The van der Waals surface area contributed by atoms with Crippen LogP contribution in [0.1, 0.15) is 42.9 Å². The fourth-order valence-electron chi connectivity index (χ4n) is 4.61. The summed E-state index contributed by atoms with van der Waals surface area (Å²) in [6.07, 6.45) is 7.02. The lowest BCUT2D eigenvalue weighted by molar-refractivity contribution is 0.245. The highest BCUT2D eigenvalue weighted by atomic mass is 127. The van der Waals surface area contributed by atoms with Crippen LogP contribution in [-0.4, -0.2) is 62.7 Å². The van der Waals surface area contributed by atoms with Gasteiger partial charge in [-0.05, 0) is 68.1 Å². The van der Waals surface area contributed by atoms with Gasteiger partial charge in [-0.1, -0.05) is 18.2 Å². The van der Waals surface area contributed by atoms with E-state index in [1.165, 1.54) is 31.2 Å². The number of aromatic nitrogens is 1. The van der Waals surface area contributed by atoms with E-state index in [0.717, 1.165) is 55.8 Å². The fraction of sp³-hybridized carbons (Fsp3) is 0.520. The second-order valence-corrected chi connectivity index (χ2v) is 8.56. The lowest BCUT2D eigenvalue weighted by atomic mass is 10.1. The SMILES string of the molecule is CN=C(NCc1ccc(N2CCCC2)nc1)NCC(c1cccc(OC)c1)N1CCCC1.I. The highest BCUT2D eigenvalue weighted by Gasteiger charge is 2.24. The molecule has 0 amide bonds. The normalized spacial score (nSPS) is 17.5. The average molecular weight is 565 g/mol. The molecule has 1 atom stereocenters. The Morgan fingerprint density at radius 1 is 1.06 bits per heavy atom. The molecule has 3 heterocycles. The van der Waals surface area contributed by atoms with Gasteiger partial charge in [-0.25, -0.2) is 4.98 Å². The molecule has 0 spiro atoms. The third kappa shape index (κ3) is 6.96. The Kier molecular flexibility index (Phi) is 10.1. The van der Waals surface area contributed by atoms with Crippen molar-refractivity contribution in [2.24, 2.45) is 4.99 Å². The zero-order valence-electron chi connectivity index (χ0n) is 19.8. The van der Waals surface area contributed by atoms with Crippen molar-refractivity contribution in [2.75, 3.05) is 51.8 Å². The second kappa shape index (κ2) is 13.0. The van der Waals surface area contributed by atoms with E-state index < -0.39 is 0 Å². The molecule has 4 rings (SSSR count). The second-order valence-electron chi connectivity index (χ2n) is 8.56. The number of anilines is 1. The summed E-state index contributed by atoms with van der Waals surface area (Å²) in [5.74, 6) is 2.79. The molecule has 2 aromatic rings. The van der Waals surface area contributed by atoms with Crippen LogP contribution in [-0.2, 0) is 6.54 Å². The number of rotatable bonds is 8. The van der Waals surface area contributed by atoms with Crippen molar-refractivity contribution in [3.8, 4) is 5.75 Å². The third-order valence-corrected chi connectivity index (χ3v) is 6.45. The molecule has 2 saturated heterocycles. The van der Waals surface area contributed by atoms with Crippen LogP contribution in [0.2, 0.25) is 0 Å². The van der Waals surface area contributed by atoms with Crippen LogP contribution in [0, 0.1) is 0 Å². The number of aliphatic imine (C=N–C) groups is 1. The third-order valence-electron chi connectivity index (χ3n) is 6.45. The molecule has 7 nitrogen and oxygen atoms in total. The summed E-state index contributed by atoms with van der Waals surface area (Å²) in [6.45, 7) is 5.98. The smallest absolute Gasteiger partial charge is 0.191 e. The molecule has 1 aromatic carbocycles. The maximum Gasteiger partial charge on any atom is 0.191 e. The Labute approximate surface area is 215 Å². The van der Waals surface area contributed by atoms with Gasteiger partial charge in [0.25, 0.3) is 0 Å². The number of halogens is 1. The Morgan fingerprint density at radius 3 is 2.48 bits per heavy atom. The predicted octanol–water partition coefficient (Wildman–Crippen LogP) is 3.81. The van der Waals surface area contributed by atoms with Crippen molar-refractivity contribution in [3.63, 3.8) is 0 Å². The maximum atomic E-state index is 5.46. The molecule has 0 radical (unpaired) electrons. The molecule has 180 valence electrons. The van der Waals surface area contributed by atoms with Crippen LogP contribution in [0.15, 0.2) is 47.6 Å². The first-order valence-corrected chi connectivity index (χ1v) is 11.8. The van der Waals surface area contributed by atoms with Crippen molar-refractivity contribution >= 4 is 35.8 Å². The van der Waals surface area contributed by atoms with E-state index in [9.17, 15) is 0 Å². The van der Waals surface area contributed by atoms with Gasteiger partial charge >= 0.3 is 0 Å². The van der Waals surface area contributed by atoms with E-state index in [2.05, 4.69) is 60.7 Å². The summed E-state index contributed by atoms with van der Waals surface area (Å²) in [7, 11) is 3.54. The van der Waals surface area contributed by atoms with Crippen LogP contribution in [0.25, 0.3) is 0 Å². The van der Waals surface area contributed by atoms with E-state index in [1.54, 1.807) is 7.11 Å². The summed E-state index contributed by atoms with van der Waals surface area (Å²) >= 11 is 0. The zero-order chi connectivity index (χ0) is 22.2. The first-order chi connectivity index (χ1) is 15.8. The Hall–Kier alpha value is -2.07. The van der Waals surface area contributed by atoms with Gasteiger partial charge in [-0.2, -0.15) is 0 Å². The summed E-state index contributed by atoms with van der Waals surface area (Å²) in [6, 6.07) is 13.0. The molecule has 1 aromatic heterocycles. The Bertz CT molecular complexity index is 879. The number of hydrogen-bond acceptors (Lipinski definition) is 5. The van der Waals surface area contributed by atoms with Crippen LogP contribution >= 0.6 is 24.0 Å². The van der Waals surface area contributed by atoms with Gasteiger partial charge in [0.2, 0.25) is 0 Å². The quantitative estimate of drug-likeness (QED) is 0.289. The van der Waals surface area contributed by atoms with E-state index in [1.807, 2.05) is 19.3 Å². The number of benzene rings is 1. The van der Waals surface area contributed by atoms with Crippen molar-refractivity contribution in [1.29, 1.82) is 0 Å².